The Morgan fingerprint density at radius 3 is 2.67 bits per heavy atom. The third kappa shape index (κ3) is 3.41. The molecule has 4 N–H and O–H groups in total. The molecule has 0 fully saturated rings. The van der Waals surface area contributed by atoms with Crippen molar-refractivity contribution >= 4 is 29.6 Å². The van der Waals surface area contributed by atoms with Crippen LogP contribution in [-0.4, -0.2) is 62.4 Å². The number of ether oxygens (including phenoxy) is 1. The molecule has 0 spiro atoms. The van der Waals surface area contributed by atoms with Crippen LogP contribution in [0.5, 0.6) is 0 Å². The van der Waals surface area contributed by atoms with Gasteiger partial charge >= 0.3 is 35.2 Å². The van der Waals surface area contributed by atoms with Gasteiger partial charge in [0.05, 0.1) is 6.61 Å². The van der Waals surface area contributed by atoms with Gasteiger partial charge in [0.1, 0.15) is 6.10 Å². The number of nitrogens with one attached hydrogen (secondary N) is 1. The first kappa shape index (κ1) is 17.3. The van der Waals surface area contributed by atoms with Gasteiger partial charge in [-0.1, -0.05) is 6.08 Å². The maximum absolute atomic E-state index is 11.5. The molecule has 2 rings (SSSR count). The Kier molecular flexibility index (Phi) is 6.76. The molecule has 2 heterocycles. The second-order valence-electron chi connectivity index (χ2n) is 3.61. The van der Waals surface area contributed by atoms with Crippen molar-refractivity contribution < 1.29 is 15.3 Å². The van der Waals surface area contributed by atoms with E-state index in [0.29, 0.717) is 5.56 Å². The fourth-order valence-corrected chi connectivity index (χ4v) is 1.53. The first-order valence-electron chi connectivity index (χ1n) is 4.88. The van der Waals surface area contributed by atoms with Crippen LogP contribution >= 0.6 is 0 Å². The molecule has 8 heteroatoms. The molecule has 0 saturated carbocycles. The summed E-state index contributed by atoms with van der Waals surface area (Å²) < 4.78 is 6.63. The van der Waals surface area contributed by atoms with Crippen LogP contribution in [0.2, 0.25) is 0 Å². The summed E-state index contributed by atoms with van der Waals surface area (Å²) in [5.41, 5.74) is -0.491. The molecule has 0 bridgehead atoms. The summed E-state index contributed by atoms with van der Waals surface area (Å²) in [6.45, 7) is 1.47. The number of aromatic nitrogens is 2. The van der Waals surface area contributed by atoms with Gasteiger partial charge in [-0.05, 0) is 13.0 Å². The number of nitrogens with zero attached hydrogens (tertiary/aromatic N) is 1. The van der Waals surface area contributed by atoms with Gasteiger partial charge in [-0.2, -0.15) is 0 Å². The van der Waals surface area contributed by atoms with E-state index in [9.17, 15) is 9.59 Å². The molecule has 0 aliphatic carbocycles. The van der Waals surface area contributed by atoms with Gasteiger partial charge < -0.3 is 15.3 Å². The number of rotatable bonds is 2. The van der Waals surface area contributed by atoms with Gasteiger partial charge in [0.15, 0.2) is 6.23 Å². The van der Waals surface area contributed by atoms with Crippen molar-refractivity contribution in [2.24, 2.45) is 0 Å². The molecule has 1 aromatic heterocycles. The summed E-state index contributed by atoms with van der Waals surface area (Å²) in [6.07, 6.45) is 3.82. The molecule has 1 aliphatic heterocycles. The van der Waals surface area contributed by atoms with Crippen LogP contribution in [0.25, 0.3) is 0 Å². The summed E-state index contributed by atoms with van der Waals surface area (Å²) in [7, 11) is 0. The van der Waals surface area contributed by atoms with E-state index in [1.54, 1.807) is 19.1 Å². The van der Waals surface area contributed by atoms with Crippen molar-refractivity contribution in [3.8, 4) is 0 Å². The maximum atomic E-state index is 11.5. The van der Waals surface area contributed by atoms with Gasteiger partial charge in [-0.15, -0.1) is 0 Å². The number of H-pyrrole nitrogens is 1. The second kappa shape index (κ2) is 7.03. The first-order valence-corrected chi connectivity index (χ1v) is 4.88. The fraction of sp³-hybridized carbons (Fsp3) is 0.400. The van der Waals surface area contributed by atoms with Crippen molar-refractivity contribution in [1.82, 2.24) is 9.55 Å². The summed E-state index contributed by atoms with van der Waals surface area (Å²) in [5, 5.41) is 8.88. The Morgan fingerprint density at radius 1 is 1.44 bits per heavy atom. The average molecular weight is 266 g/mol. The monoisotopic (exact) mass is 266 g/mol. The Labute approximate surface area is 125 Å². The minimum atomic E-state index is -0.569. The zero-order chi connectivity index (χ0) is 11.7. The Balaban J connectivity index is 0.00000144. The van der Waals surface area contributed by atoms with E-state index < -0.39 is 23.6 Å². The standard InChI is InChI=1S/C10H12N2O4.Na.H2O.H/c1-6-4-12(10(15)11-9(6)14)8-3-2-7(5-13)16-8;;;/h2-4,7-8,13H,5H2,1H3,(H,11,14,15);;1H2;/t7-,8+;;;/m0.../s1. The fourth-order valence-electron chi connectivity index (χ4n) is 1.53. The van der Waals surface area contributed by atoms with Crippen LogP contribution in [0.3, 0.4) is 0 Å². The number of aryl methyl sites for hydroxylation is 1. The topological polar surface area (TPSA) is 116 Å². The van der Waals surface area contributed by atoms with E-state index in [2.05, 4.69) is 4.98 Å². The molecule has 18 heavy (non-hydrogen) atoms. The Morgan fingerprint density at radius 2 is 2.11 bits per heavy atom. The molecular formula is C10H15N2NaO5. The average Bonchev–Trinajstić information content (AvgIpc) is 2.71. The van der Waals surface area contributed by atoms with Gasteiger partial charge in [0, 0.05) is 11.8 Å². The zero-order valence-electron chi connectivity index (χ0n) is 9.21. The minimum absolute atomic E-state index is 0. The summed E-state index contributed by atoms with van der Waals surface area (Å²) in [6, 6.07) is 0. The Bertz CT molecular complexity index is 536. The summed E-state index contributed by atoms with van der Waals surface area (Å²) >= 11 is 0. The van der Waals surface area contributed by atoms with Crippen LogP contribution in [0.15, 0.2) is 27.9 Å². The predicted molar refractivity (Wildman–Crippen MR) is 67.0 cm³/mol. The van der Waals surface area contributed by atoms with E-state index in [-0.39, 0.29) is 41.6 Å². The molecule has 2 atom stereocenters. The third-order valence-electron chi connectivity index (χ3n) is 2.40. The van der Waals surface area contributed by atoms with Crippen molar-refractivity contribution in [1.29, 1.82) is 0 Å². The van der Waals surface area contributed by atoms with Crippen molar-refractivity contribution in [3.05, 3.63) is 44.8 Å². The molecular weight excluding hydrogens is 251 g/mol. The summed E-state index contributed by atoms with van der Waals surface area (Å²) in [4.78, 5) is 24.9. The number of hydrogen-bond acceptors (Lipinski definition) is 4. The number of aromatic amines is 1. The second-order valence-corrected chi connectivity index (χ2v) is 3.61. The molecule has 0 unspecified atom stereocenters. The van der Waals surface area contributed by atoms with Crippen LogP contribution in [0.4, 0.5) is 0 Å². The van der Waals surface area contributed by atoms with Crippen molar-refractivity contribution in [3.63, 3.8) is 0 Å². The number of hydrogen-bond donors (Lipinski definition) is 2. The Hall–Kier alpha value is -0.700. The number of aliphatic hydroxyl groups is 1. The van der Waals surface area contributed by atoms with E-state index in [0.717, 1.165) is 0 Å². The predicted octanol–water partition coefficient (Wildman–Crippen LogP) is -2.18. The number of aliphatic hydroxyl groups excluding tert-OH is 1. The molecule has 1 aromatic rings. The van der Waals surface area contributed by atoms with Crippen LogP contribution < -0.4 is 11.2 Å². The first-order chi connectivity index (χ1) is 7.61. The van der Waals surface area contributed by atoms with Crippen molar-refractivity contribution in [2.45, 2.75) is 19.3 Å². The molecule has 0 saturated heterocycles. The van der Waals surface area contributed by atoms with Gasteiger partial charge in [0.25, 0.3) is 5.56 Å². The third-order valence-corrected chi connectivity index (χ3v) is 2.40. The van der Waals surface area contributed by atoms with E-state index >= 15 is 0 Å². The van der Waals surface area contributed by atoms with E-state index in [1.807, 2.05) is 0 Å². The molecule has 0 amide bonds. The van der Waals surface area contributed by atoms with Crippen LogP contribution in [0.1, 0.15) is 11.8 Å². The molecule has 96 valence electrons. The quantitative estimate of drug-likeness (QED) is 0.467. The molecule has 1 aliphatic rings. The van der Waals surface area contributed by atoms with E-state index in [4.69, 9.17) is 9.84 Å². The summed E-state index contributed by atoms with van der Waals surface area (Å²) in [5.74, 6) is 0. The molecule has 7 nitrogen and oxygen atoms in total. The van der Waals surface area contributed by atoms with Crippen LogP contribution in [-0.2, 0) is 4.74 Å². The normalized spacial score (nSPS) is 21.2. The zero-order valence-corrected chi connectivity index (χ0v) is 9.21. The molecule has 0 aromatic carbocycles. The molecule has 0 radical (unpaired) electrons. The van der Waals surface area contributed by atoms with E-state index in [1.165, 1.54) is 10.8 Å². The van der Waals surface area contributed by atoms with Gasteiger partial charge in [0.2, 0.25) is 0 Å². The van der Waals surface area contributed by atoms with Crippen LogP contribution in [0, 0.1) is 6.92 Å². The SMILES string of the molecule is Cc1cn([C@H]2C=C[C@@H](CO)O2)c(=O)[nH]c1=O.O.[NaH]. The van der Waals surface area contributed by atoms with Gasteiger partial charge in [-0.25, -0.2) is 4.79 Å². The van der Waals surface area contributed by atoms with Gasteiger partial charge in [-0.3, -0.25) is 14.3 Å². The van der Waals surface area contributed by atoms with Crippen molar-refractivity contribution in [2.75, 3.05) is 6.61 Å².